The molecule has 5 aliphatic heterocycles. The number of rotatable bonds is 6. The first kappa shape index (κ1) is 31.6. The maximum absolute atomic E-state index is 12.4. The molecule has 0 aromatic carbocycles. The maximum Gasteiger partial charge on any atom is 0.116 e. The van der Waals surface area contributed by atoms with Crippen LogP contribution in [-0.4, -0.2) is 90.0 Å². The summed E-state index contributed by atoms with van der Waals surface area (Å²) in [6, 6.07) is 0.674. The molecule has 2 unspecified atom stereocenters. The Morgan fingerprint density at radius 3 is 2.64 bits per heavy atom. The molecular formula is C44H64N2O4. The number of hydrogen-bond donors (Lipinski definition) is 2. The van der Waals surface area contributed by atoms with Crippen LogP contribution < -0.4 is 0 Å². The smallest absolute Gasteiger partial charge is 0.116 e. The molecule has 16 aliphatic rings. The number of aliphatic hydroxyl groups is 2. The fourth-order valence-corrected chi connectivity index (χ4v) is 19.5. The zero-order chi connectivity index (χ0) is 33.8. The van der Waals surface area contributed by atoms with Gasteiger partial charge in [-0.15, -0.1) is 0 Å². The molecule has 16 rings (SSSR count). The highest BCUT2D eigenvalue weighted by molar-refractivity contribution is 5.39. The van der Waals surface area contributed by atoms with Gasteiger partial charge in [-0.3, -0.25) is 9.80 Å². The first-order valence-corrected chi connectivity index (χ1v) is 21.6. The molecule has 9 saturated carbocycles. The van der Waals surface area contributed by atoms with E-state index in [0.717, 1.165) is 44.2 Å². The lowest BCUT2D eigenvalue weighted by Crippen LogP contribution is -2.81. The van der Waals surface area contributed by atoms with Gasteiger partial charge in [0.05, 0.1) is 31.5 Å². The highest BCUT2D eigenvalue weighted by Gasteiger charge is 2.82. The van der Waals surface area contributed by atoms with Crippen molar-refractivity contribution in [3.63, 3.8) is 0 Å². The van der Waals surface area contributed by atoms with Gasteiger partial charge in [0.1, 0.15) is 6.23 Å². The van der Waals surface area contributed by atoms with Crippen molar-refractivity contribution in [3.05, 3.63) is 23.8 Å². The summed E-state index contributed by atoms with van der Waals surface area (Å²) in [5, 5.41) is 24.1. The summed E-state index contributed by atoms with van der Waals surface area (Å²) in [4.78, 5) is 5.61. The third-order valence-electron chi connectivity index (χ3n) is 20.6. The van der Waals surface area contributed by atoms with Gasteiger partial charge in [-0.05, 0) is 141 Å². The number of ether oxygens (including phenoxy) is 2. The topological polar surface area (TPSA) is 65.4 Å². The maximum atomic E-state index is 12.4. The molecule has 0 aromatic rings. The highest BCUT2D eigenvalue weighted by Crippen LogP contribution is 2.83. The van der Waals surface area contributed by atoms with Gasteiger partial charge in [0.2, 0.25) is 0 Å². The second kappa shape index (κ2) is 9.72. The Balaban J connectivity index is 0.796. The number of aliphatic hydroxyl groups excluding tert-OH is 2. The van der Waals surface area contributed by atoms with Gasteiger partial charge in [-0.1, -0.05) is 39.8 Å². The second-order valence-electron chi connectivity index (χ2n) is 21.5. The monoisotopic (exact) mass is 684 g/mol. The van der Waals surface area contributed by atoms with E-state index in [2.05, 4.69) is 43.2 Å². The normalized spacial score (nSPS) is 62.1. The van der Waals surface area contributed by atoms with Gasteiger partial charge < -0.3 is 19.7 Å². The van der Waals surface area contributed by atoms with Crippen LogP contribution in [0.2, 0.25) is 0 Å². The zero-order valence-corrected chi connectivity index (χ0v) is 31.3. The van der Waals surface area contributed by atoms with E-state index in [4.69, 9.17) is 9.47 Å². The SMILES string of the molecule is C=C1[C@H]2CC[C@@]3(CC[C@H]4[C@]5(CN(CCOCC6=C[C@]78CC[C@H]6[C@@H](O)[C@H]7[C@@]67CCC[C@@]9(C)CN(CC)C6[C@@H]8C[C@H]97)C6O[C@H]5CC[C@@]64C)[C@@H]3C2)[C@H]1O. The van der Waals surface area contributed by atoms with E-state index in [1.807, 2.05) is 0 Å². The van der Waals surface area contributed by atoms with Gasteiger partial charge in [-0.2, -0.15) is 0 Å². The first-order chi connectivity index (χ1) is 24.1. The first-order valence-electron chi connectivity index (χ1n) is 21.6. The van der Waals surface area contributed by atoms with E-state index in [1.54, 1.807) is 0 Å². The molecule has 11 aliphatic carbocycles. The Kier molecular flexibility index (Phi) is 6.14. The number of likely N-dealkylation sites (tertiary alicyclic amines) is 1. The Hall–Kier alpha value is -0.760. The molecule has 6 heteroatoms. The van der Waals surface area contributed by atoms with Crippen molar-refractivity contribution in [2.75, 3.05) is 39.4 Å². The molecule has 5 heterocycles. The fraction of sp³-hybridized carbons (Fsp3) is 0.909. The number of hydrogen-bond acceptors (Lipinski definition) is 6. The van der Waals surface area contributed by atoms with Gasteiger partial charge in [0, 0.05) is 53.8 Å². The van der Waals surface area contributed by atoms with Crippen molar-refractivity contribution < 1.29 is 19.7 Å². The molecule has 0 amide bonds. The van der Waals surface area contributed by atoms with Crippen LogP contribution in [0, 0.1) is 73.9 Å². The van der Waals surface area contributed by atoms with Crippen molar-refractivity contribution >= 4 is 0 Å². The lowest BCUT2D eigenvalue weighted by Gasteiger charge is -2.79. The average molecular weight is 685 g/mol. The summed E-state index contributed by atoms with van der Waals surface area (Å²) < 4.78 is 13.9. The Morgan fingerprint density at radius 2 is 1.78 bits per heavy atom. The van der Waals surface area contributed by atoms with Crippen LogP contribution in [0.1, 0.15) is 104 Å². The summed E-state index contributed by atoms with van der Waals surface area (Å²) in [7, 11) is 0. The molecule has 18 atom stereocenters. The summed E-state index contributed by atoms with van der Waals surface area (Å²) in [5.41, 5.74) is 3.88. The van der Waals surface area contributed by atoms with Gasteiger partial charge in [0.15, 0.2) is 0 Å². The summed E-state index contributed by atoms with van der Waals surface area (Å²) in [6.07, 6.45) is 19.2. The third-order valence-corrected chi connectivity index (χ3v) is 20.6. The van der Waals surface area contributed by atoms with Gasteiger partial charge in [0.25, 0.3) is 0 Å². The van der Waals surface area contributed by atoms with Crippen molar-refractivity contribution in [1.29, 1.82) is 0 Å². The van der Waals surface area contributed by atoms with Crippen LogP contribution in [-0.2, 0) is 9.47 Å². The van der Waals surface area contributed by atoms with Crippen molar-refractivity contribution in [3.8, 4) is 0 Å². The van der Waals surface area contributed by atoms with Crippen LogP contribution in [0.5, 0.6) is 0 Å². The molecule has 4 spiro atoms. The Morgan fingerprint density at radius 1 is 0.920 bits per heavy atom. The number of piperidine rings is 2. The fourth-order valence-electron chi connectivity index (χ4n) is 19.5. The number of allylic oxidation sites excluding steroid dienone is 1. The molecule has 2 N–H and O–H groups in total. The van der Waals surface area contributed by atoms with Crippen molar-refractivity contribution in [2.45, 2.75) is 135 Å². The Bertz CT molecular complexity index is 1560. The number of nitrogens with zero attached hydrogens (tertiary/aromatic N) is 2. The van der Waals surface area contributed by atoms with Crippen LogP contribution in [0.15, 0.2) is 23.8 Å². The third kappa shape index (κ3) is 3.22. The molecule has 5 saturated heterocycles. The highest BCUT2D eigenvalue weighted by atomic mass is 16.5. The van der Waals surface area contributed by atoms with Crippen LogP contribution in [0.4, 0.5) is 0 Å². The van der Waals surface area contributed by atoms with E-state index in [0.29, 0.717) is 59.2 Å². The molecule has 0 radical (unpaired) electrons. The largest absolute Gasteiger partial charge is 0.392 e. The molecule has 50 heavy (non-hydrogen) atoms. The summed E-state index contributed by atoms with van der Waals surface area (Å²) in [5.74, 6) is 4.00. The molecule has 13 bridgehead atoms. The molecular weight excluding hydrogens is 620 g/mol. The predicted molar refractivity (Wildman–Crippen MR) is 192 cm³/mol. The average Bonchev–Trinajstić information content (AvgIpc) is 3.53. The van der Waals surface area contributed by atoms with E-state index < -0.39 is 0 Å². The van der Waals surface area contributed by atoms with Crippen LogP contribution >= 0.6 is 0 Å². The lowest BCUT2D eigenvalue weighted by atomic mass is 9.33. The molecule has 14 fully saturated rings. The van der Waals surface area contributed by atoms with E-state index in [1.165, 1.54) is 89.2 Å². The second-order valence-corrected chi connectivity index (χ2v) is 21.5. The lowest BCUT2D eigenvalue weighted by molar-refractivity contribution is -0.396. The molecule has 274 valence electrons. The summed E-state index contributed by atoms with van der Waals surface area (Å²) >= 11 is 0. The van der Waals surface area contributed by atoms with Crippen molar-refractivity contribution in [1.82, 2.24) is 9.80 Å². The summed E-state index contributed by atoms with van der Waals surface area (Å²) in [6.45, 7) is 17.9. The standard InChI is InChI=1S/C44H64N2O4/c1-5-45-23-39(3)11-6-12-43-31(39)20-29(36(43)45)42-15-8-28(34(47)35(42)43)27(21-42)22-49-18-17-46-24-44-30(40(4)13-10-33(44)50-38(40)46)9-16-41-14-7-26(19-32(41)44)25(2)37(41)48/h21,26,28-38,47-48H,2,5-20,22-24H2,1,3-4H3/t26-,28+,29-,30+,31+,32+,33-,34+,35+,36?,37-,38?,39-,40+,41-,42-,43-,44+/m0/s1. The van der Waals surface area contributed by atoms with E-state index in [9.17, 15) is 10.2 Å². The quantitative estimate of drug-likeness (QED) is 0.249. The van der Waals surface area contributed by atoms with Crippen LogP contribution in [0.3, 0.4) is 0 Å². The van der Waals surface area contributed by atoms with E-state index in [-0.39, 0.29) is 46.0 Å². The Labute approximate surface area is 300 Å². The van der Waals surface area contributed by atoms with Gasteiger partial charge >= 0.3 is 0 Å². The van der Waals surface area contributed by atoms with Crippen LogP contribution in [0.25, 0.3) is 0 Å². The molecule has 0 aromatic heterocycles. The minimum atomic E-state index is -0.325. The van der Waals surface area contributed by atoms with Crippen molar-refractivity contribution in [2.24, 2.45) is 73.9 Å². The predicted octanol–water partition coefficient (Wildman–Crippen LogP) is 6.42. The van der Waals surface area contributed by atoms with Gasteiger partial charge in [-0.25, -0.2) is 0 Å². The minimum absolute atomic E-state index is 0.0155. The molecule has 6 nitrogen and oxygen atoms in total. The van der Waals surface area contributed by atoms with E-state index >= 15 is 0 Å². The number of fused-ring (bicyclic) bond motifs is 5. The minimum Gasteiger partial charge on any atom is -0.392 e. The zero-order valence-electron chi connectivity index (χ0n) is 31.3.